The van der Waals surface area contributed by atoms with E-state index in [1.54, 1.807) is 24.3 Å². The van der Waals surface area contributed by atoms with Crippen molar-refractivity contribution in [2.45, 2.75) is 12.8 Å². The van der Waals surface area contributed by atoms with Crippen LogP contribution in [0.4, 0.5) is 5.69 Å². The fraction of sp³-hybridized carbons (Fsp3) is 0.158. The van der Waals surface area contributed by atoms with E-state index in [4.69, 9.17) is 11.6 Å². The van der Waals surface area contributed by atoms with E-state index in [-0.39, 0.29) is 11.8 Å². The van der Waals surface area contributed by atoms with Gasteiger partial charge in [0.25, 0.3) is 5.91 Å². The first kappa shape index (κ1) is 17.0. The zero-order chi connectivity index (χ0) is 17.6. The van der Waals surface area contributed by atoms with Crippen LogP contribution in [-0.4, -0.2) is 23.3 Å². The fourth-order valence-corrected chi connectivity index (χ4v) is 2.62. The lowest BCUT2D eigenvalue weighted by Crippen LogP contribution is -2.25. The van der Waals surface area contributed by atoms with Gasteiger partial charge in [0.05, 0.1) is 0 Å². The van der Waals surface area contributed by atoms with Gasteiger partial charge < -0.3 is 15.6 Å². The minimum absolute atomic E-state index is 0.0952. The van der Waals surface area contributed by atoms with Crippen molar-refractivity contribution in [3.05, 3.63) is 65.3 Å². The summed E-state index contributed by atoms with van der Waals surface area (Å²) in [6.45, 7) is 0.433. The Bertz CT molecular complexity index is 854. The second kappa shape index (κ2) is 7.85. The molecule has 0 radical (unpaired) electrons. The number of rotatable bonds is 6. The number of aromatic nitrogens is 1. The summed E-state index contributed by atoms with van der Waals surface area (Å²) in [5.74, 6) is -0.267. The van der Waals surface area contributed by atoms with Gasteiger partial charge in [0.15, 0.2) is 0 Å². The smallest absolute Gasteiger partial charge is 0.267 e. The minimum atomic E-state index is -0.172. The largest absolute Gasteiger partial charge is 0.351 e. The molecule has 5 nitrogen and oxygen atoms in total. The van der Waals surface area contributed by atoms with Crippen LogP contribution < -0.4 is 10.6 Å². The van der Waals surface area contributed by atoms with Crippen LogP contribution in [0.5, 0.6) is 0 Å². The van der Waals surface area contributed by atoms with E-state index in [0.29, 0.717) is 35.8 Å². The number of aromatic amines is 1. The molecule has 0 fully saturated rings. The van der Waals surface area contributed by atoms with Crippen LogP contribution in [0.1, 0.15) is 23.3 Å². The molecule has 0 saturated carbocycles. The van der Waals surface area contributed by atoms with Gasteiger partial charge in [0, 0.05) is 34.6 Å². The Balaban J connectivity index is 1.42. The molecule has 1 heterocycles. The number of amides is 2. The van der Waals surface area contributed by atoms with Crippen LogP contribution in [-0.2, 0) is 4.79 Å². The molecule has 0 aliphatic carbocycles. The van der Waals surface area contributed by atoms with Crippen LogP contribution in [0, 0.1) is 0 Å². The van der Waals surface area contributed by atoms with Crippen LogP contribution >= 0.6 is 11.6 Å². The Labute approximate surface area is 150 Å². The van der Waals surface area contributed by atoms with E-state index >= 15 is 0 Å². The SMILES string of the molecule is O=C(CCCNC(=O)c1cc2ccccc2[nH]1)Nc1ccc(Cl)cc1. The molecular weight excluding hydrogens is 338 g/mol. The molecule has 0 atom stereocenters. The molecule has 6 heteroatoms. The van der Waals surface area contributed by atoms with E-state index in [1.807, 2.05) is 30.3 Å². The Morgan fingerprint density at radius 1 is 1.04 bits per heavy atom. The van der Waals surface area contributed by atoms with Crippen molar-refractivity contribution >= 4 is 40.0 Å². The number of carbonyl (C=O) groups is 2. The Kier molecular flexibility index (Phi) is 5.36. The Morgan fingerprint density at radius 3 is 2.56 bits per heavy atom. The summed E-state index contributed by atoms with van der Waals surface area (Å²) in [5, 5.41) is 7.23. The maximum Gasteiger partial charge on any atom is 0.267 e. The first-order chi connectivity index (χ1) is 12.1. The summed E-state index contributed by atoms with van der Waals surface area (Å²) >= 11 is 5.80. The van der Waals surface area contributed by atoms with Crippen molar-refractivity contribution < 1.29 is 9.59 Å². The molecule has 3 N–H and O–H groups in total. The first-order valence-electron chi connectivity index (χ1n) is 8.03. The summed E-state index contributed by atoms with van der Waals surface area (Å²) in [5.41, 5.74) is 2.15. The highest BCUT2D eigenvalue weighted by molar-refractivity contribution is 6.30. The van der Waals surface area contributed by atoms with Crippen molar-refractivity contribution in [2.75, 3.05) is 11.9 Å². The Hall–Kier alpha value is -2.79. The maximum absolute atomic E-state index is 12.1. The highest BCUT2D eigenvalue weighted by Gasteiger charge is 2.09. The standard InChI is InChI=1S/C19H18ClN3O2/c20-14-7-9-15(10-8-14)22-18(24)6-3-11-21-19(25)17-12-13-4-1-2-5-16(13)23-17/h1-2,4-5,7-10,12,23H,3,6,11H2,(H,21,25)(H,22,24). The zero-order valence-electron chi connectivity index (χ0n) is 13.5. The minimum Gasteiger partial charge on any atom is -0.351 e. The number of benzene rings is 2. The number of anilines is 1. The van der Waals surface area contributed by atoms with Gasteiger partial charge in [-0.2, -0.15) is 0 Å². The van der Waals surface area contributed by atoms with Gasteiger partial charge in [-0.1, -0.05) is 29.8 Å². The molecule has 0 saturated heterocycles. The lowest BCUT2D eigenvalue weighted by molar-refractivity contribution is -0.116. The summed E-state index contributed by atoms with van der Waals surface area (Å²) in [6, 6.07) is 16.5. The summed E-state index contributed by atoms with van der Waals surface area (Å²) in [7, 11) is 0. The third-order valence-electron chi connectivity index (χ3n) is 3.77. The van der Waals surface area contributed by atoms with Gasteiger partial charge >= 0.3 is 0 Å². The van der Waals surface area contributed by atoms with E-state index in [2.05, 4.69) is 15.6 Å². The first-order valence-corrected chi connectivity index (χ1v) is 8.41. The number of carbonyl (C=O) groups excluding carboxylic acids is 2. The number of nitrogens with one attached hydrogen (secondary N) is 3. The number of hydrogen-bond acceptors (Lipinski definition) is 2. The fourth-order valence-electron chi connectivity index (χ4n) is 2.50. The van der Waals surface area contributed by atoms with Crippen molar-refractivity contribution in [3.63, 3.8) is 0 Å². The average molecular weight is 356 g/mol. The Morgan fingerprint density at radius 2 is 1.80 bits per heavy atom. The third-order valence-corrected chi connectivity index (χ3v) is 4.02. The topological polar surface area (TPSA) is 74.0 Å². The quantitative estimate of drug-likeness (QED) is 0.585. The van der Waals surface area contributed by atoms with Crippen molar-refractivity contribution in [2.24, 2.45) is 0 Å². The number of fused-ring (bicyclic) bond motifs is 1. The van der Waals surface area contributed by atoms with Crippen LogP contribution in [0.2, 0.25) is 5.02 Å². The van der Waals surface area contributed by atoms with Gasteiger partial charge in [0.2, 0.25) is 5.91 Å². The van der Waals surface area contributed by atoms with Gasteiger partial charge in [-0.05, 0) is 42.8 Å². The van der Waals surface area contributed by atoms with Crippen LogP contribution in [0.3, 0.4) is 0 Å². The summed E-state index contributed by atoms with van der Waals surface area (Å²) in [6.07, 6.45) is 0.890. The molecule has 0 aliphatic heterocycles. The lowest BCUT2D eigenvalue weighted by atomic mass is 10.2. The normalized spacial score (nSPS) is 10.6. The molecule has 0 unspecified atom stereocenters. The highest BCUT2D eigenvalue weighted by atomic mass is 35.5. The monoisotopic (exact) mass is 355 g/mol. The zero-order valence-corrected chi connectivity index (χ0v) is 14.3. The number of H-pyrrole nitrogens is 1. The number of hydrogen-bond donors (Lipinski definition) is 3. The van der Waals surface area contributed by atoms with Crippen molar-refractivity contribution in [1.29, 1.82) is 0 Å². The highest BCUT2D eigenvalue weighted by Crippen LogP contribution is 2.15. The second-order valence-electron chi connectivity index (χ2n) is 5.68. The van der Waals surface area contributed by atoms with E-state index in [9.17, 15) is 9.59 Å². The molecule has 0 aliphatic rings. The van der Waals surface area contributed by atoms with Crippen LogP contribution in [0.25, 0.3) is 10.9 Å². The van der Waals surface area contributed by atoms with E-state index < -0.39 is 0 Å². The van der Waals surface area contributed by atoms with Crippen molar-refractivity contribution in [3.8, 4) is 0 Å². The van der Waals surface area contributed by atoms with Gasteiger partial charge in [-0.3, -0.25) is 9.59 Å². The molecule has 2 aromatic carbocycles. The lowest BCUT2D eigenvalue weighted by Gasteiger charge is -2.06. The molecular formula is C19H18ClN3O2. The van der Waals surface area contributed by atoms with Gasteiger partial charge in [0.1, 0.15) is 5.69 Å². The average Bonchev–Trinajstić information content (AvgIpc) is 3.05. The van der Waals surface area contributed by atoms with Gasteiger partial charge in [-0.15, -0.1) is 0 Å². The third kappa shape index (κ3) is 4.61. The molecule has 0 spiro atoms. The number of halogens is 1. The van der Waals surface area contributed by atoms with E-state index in [1.165, 1.54) is 0 Å². The molecule has 3 aromatic rings. The maximum atomic E-state index is 12.1. The molecule has 128 valence electrons. The molecule has 1 aromatic heterocycles. The second-order valence-corrected chi connectivity index (χ2v) is 6.12. The van der Waals surface area contributed by atoms with E-state index in [0.717, 1.165) is 10.9 Å². The van der Waals surface area contributed by atoms with Crippen LogP contribution in [0.15, 0.2) is 54.6 Å². The molecule has 25 heavy (non-hydrogen) atoms. The molecule has 2 amide bonds. The summed E-state index contributed by atoms with van der Waals surface area (Å²) < 4.78 is 0. The predicted octanol–water partition coefficient (Wildman–Crippen LogP) is 3.97. The van der Waals surface area contributed by atoms with Gasteiger partial charge in [-0.25, -0.2) is 0 Å². The predicted molar refractivity (Wildman–Crippen MR) is 99.9 cm³/mol. The van der Waals surface area contributed by atoms with Crippen molar-refractivity contribution in [1.82, 2.24) is 10.3 Å². The molecule has 3 rings (SSSR count). The molecule has 0 bridgehead atoms. The summed E-state index contributed by atoms with van der Waals surface area (Å²) in [4.78, 5) is 27.1. The number of para-hydroxylation sites is 1.